The molecule has 1 N–H and O–H groups in total. The summed E-state index contributed by atoms with van der Waals surface area (Å²) in [6, 6.07) is 9.26. The van der Waals surface area contributed by atoms with E-state index in [9.17, 15) is 0 Å². The Morgan fingerprint density at radius 2 is 1.95 bits per heavy atom. The Balaban J connectivity index is 1.60. The van der Waals surface area contributed by atoms with Crippen LogP contribution in [0.4, 0.5) is 0 Å². The summed E-state index contributed by atoms with van der Waals surface area (Å²) in [5.74, 6) is 0.690. The van der Waals surface area contributed by atoms with Gasteiger partial charge in [0.15, 0.2) is 0 Å². The van der Waals surface area contributed by atoms with E-state index in [0.717, 1.165) is 13.0 Å². The van der Waals surface area contributed by atoms with Crippen molar-refractivity contribution >= 4 is 0 Å². The molecule has 1 aromatic carbocycles. The number of ether oxygens (including phenoxy) is 1. The molecule has 0 amide bonds. The van der Waals surface area contributed by atoms with Gasteiger partial charge >= 0.3 is 0 Å². The number of nitrogens with one attached hydrogen (secondary N) is 1. The lowest BCUT2D eigenvalue weighted by Crippen LogP contribution is -2.45. The summed E-state index contributed by atoms with van der Waals surface area (Å²) in [6.07, 6.45) is 2.31. The van der Waals surface area contributed by atoms with Crippen LogP contribution in [0.15, 0.2) is 24.3 Å². The van der Waals surface area contributed by atoms with Gasteiger partial charge in [-0.1, -0.05) is 24.3 Å². The average molecular weight is 259 g/mol. The highest BCUT2D eigenvalue weighted by molar-refractivity contribution is 5.40. The van der Waals surface area contributed by atoms with E-state index in [1.54, 1.807) is 0 Å². The average Bonchev–Trinajstić information content (AvgIpc) is 2.48. The molecule has 2 heteroatoms. The summed E-state index contributed by atoms with van der Waals surface area (Å²) in [5.41, 5.74) is 2.99. The van der Waals surface area contributed by atoms with Crippen LogP contribution in [0.5, 0.6) is 0 Å². The van der Waals surface area contributed by atoms with Gasteiger partial charge in [-0.05, 0) is 51.7 Å². The van der Waals surface area contributed by atoms with Crippen molar-refractivity contribution in [2.75, 3.05) is 6.54 Å². The summed E-state index contributed by atoms with van der Waals surface area (Å²) >= 11 is 0. The maximum absolute atomic E-state index is 6.14. The molecule has 2 unspecified atom stereocenters. The molecule has 1 saturated heterocycles. The molecule has 104 valence electrons. The minimum Gasteiger partial charge on any atom is -0.368 e. The van der Waals surface area contributed by atoms with Gasteiger partial charge in [-0.15, -0.1) is 0 Å². The van der Waals surface area contributed by atoms with E-state index >= 15 is 0 Å². The third kappa shape index (κ3) is 2.44. The van der Waals surface area contributed by atoms with E-state index in [1.807, 2.05) is 0 Å². The van der Waals surface area contributed by atoms with Crippen molar-refractivity contribution < 1.29 is 4.74 Å². The first-order valence-electron chi connectivity index (χ1n) is 7.39. The fraction of sp³-hybridized carbons (Fsp3) is 0.647. The molecule has 0 saturated carbocycles. The molecular formula is C17H25NO. The zero-order valence-corrected chi connectivity index (χ0v) is 12.5. The number of hydrogen-bond acceptors (Lipinski definition) is 2. The predicted molar refractivity (Wildman–Crippen MR) is 78.5 cm³/mol. The van der Waals surface area contributed by atoms with Gasteiger partial charge in [-0.2, -0.15) is 0 Å². The molecule has 1 fully saturated rings. The molecule has 0 aromatic heterocycles. The lowest BCUT2D eigenvalue weighted by atomic mass is 9.77. The van der Waals surface area contributed by atoms with Crippen molar-refractivity contribution in [2.45, 2.75) is 63.7 Å². The van der Waals surface area contributed by atoms with Crippen molar-refractivity contribution in [1.29, 1.82) is 0 Å². The first-order chi connectivity index (χ1) is 8.87. The van der Waals surface area contributed by atoms with E-state index in [-0.39, 0.29) is 11.2 Å². The van der Waals surface area contributed by atoms with Crippen LogP contribution in [0.2, 0.25) is 0 Å². The van der Waals surface area contributed by atoms with E-state index in [1.165, 1.54) is 17.5 Å². The molecule has 0 bridgehead atoms. The lowest BCUT2D eigenvalue weighted by Gasteiger charge is -2.33. The van der Waals surface area contributed by atoms with Gasteiger partial charge in [0.25, 0.3) is 0 Å². The highest BCUT2D eigenvalue weighted by atomic mass is 16.5. The molecule has 2 atom stereocenters. The van der Waals surface area contributed by atoms with Crippen LogP contribution in [0.1, 0.15) is 51.2 Å². The Morgan fingerprint density at radius 1 is 1.21 bits per heavy atom. The van der Waals surface area contributed by atoms with Crippen molar-refractivity contribution in [3.05, 3.63) is 35.4 Å². The summed E-state index contributed by atoms with van der Waals surface area (Å²) < 4.78 is 6.14. The normalized spacial score (nSPS) is 30.7. The molecule has 2 aliphatic rings. The first-order valence-corrected chi connectivity index (χ1v) is 7.39. The van der Waals surface area contributed by atoms with Gasteiger partial charge in [0.05, 0.1) is 11.2 Å². The van der Waals surface area contributed by atoms with Gasteiger partial charge in [0, 0.05) is 18.5 Å². The third-order valence-electron chi connectivity index (χ3n) is 4.65. The van der Waals surface area contributed by atoms with Gasteiger partial charge < -0.3 is 10.1 Å². The largest absolute Gasteiger partial charge is 0.368 e. The second-order valence-corrected chi connectivity index (χ2v) is 7.23. The standard InChI is InChI=1S/C17H25NO/c1-16(2)10-15(17(3,4)19-16)18-11-13-9-12-7-5-6-8-14(12)13/h5-8,13,15,18H,9-11H2,1-4H3. The van der Waals surface area contributed by atoms with Crippen LogP contribution in [-0.4, -0.2) is 23.8 Å². The molecule has 19 heavy (non-hydrogen) atoms. The van der Waals surface area contributed by atoms with E-state index in [0.29, 0.717) is 12.0 Å². The smallest absolute Gasteiger partial charge is 0.0787 e. The van der Waals surface area contributed by atoms with Crippen molar-refractivity contribution in [2.24, 2.45) is 0 Å². The fourth-order valence-electron chi connectivity index (χ4n) is 3.71. The minimum atomic E-state index is -0.0627. The lowest BCUT2D eigenvalue weighted by molar-refractivity contribution is -0.0698. The van der Waals surface area contributed by atoms with Crippen LogP contribution in [0.25, 0.3) is 0 Å². The quantitative estimate of drug-likeness (QED) is 0.899. The number of rotatable bonds is 3. The zero-order chi connectivity index (χ0) is 13.7. The van der Waals surface area contributed by atoms with Crippen LogP contribution in [0.3, 0.4) is 0 Å². The molecular weight excluding hydrogens is 234 g/mol. The number of benzene rings is 1. The Labute approximate surface area is 116 Å². The van der Waals surface area contributed by atoms with E-state index in [2.05, 4.69) is 57.3 Å². The summed E-state index contributed by atoms with van der Waals surface area (Å²) in [5, 5.41) is 3.75. The second kappa shape index (κ2) is 4.32. The first kappa shape index (κ1) is 13.1. The van der Waals surface area contributed by atoms with Crippen LogP contribution in [-0.2, 0) is 11.2 Å². The van der Waals surface area contributed by atoms with Gasteiger partial charge in [0.2, 0.25) is 0 Å². The SMILES string of the molecule is CC1(C)CC(NCC2Cc3ccccc32)C(C)(C)O1. The Hall–Kier alpha value is -0.860. The minimum absolute atomic E-state index is 0.00130. The number of fused-ring (bicyclic) bond motifs is 1. The molecule has 1 aromatic rings. The topological polar surface area (TPSA) is 21.3 Å². The van der Waals surface area contributed by atoms with Crippen molar-refractivity contribution in [3.63, 3.8) is 0 Å². The third-order valence-corrected chi connectivity index (χ3v) is 4.65. The van der Waals surface area contributed by atoms with E-state index in [4.69, 9.17) is 4.74 Å². The van der Waals surface area contributed by atoms with E-state index < -0.39 is 0 Å². The molecule has 0 radical (unpaired) electrons. The summed E-state index contributed by atoms with van der Waals surface area (Å²) in [4.78, 5) is 0. The zero-order valence-electron chi connectivity index (χ0n) is 12.5. The number of hydrogen-bond donors (Lipinski definition) is 1. The monoisotopic (exact) mass is 259 g/mol. The summed E-state index contributed by atoms with van der Waals surface area (Å²) in [7, 11) is 0. The van der Waals surface area contributed by atoms with Crippen LogP contribution < -0.4 is 5.32 Å². The fourth-order valence-corrected chi connectivity index (χ4v) is 3.71. The van der Waals surface area contributed by atoms with Gasteiger partial charge in [-0.25, -0.2) is 0 Å². The van der Waals surface area contributed by atoms with Gasteiger partial charge in [0.1, 0.15) is 0 Å². The predicted octanol–water partition coefficient (Wildman–Crippen LogP) is 3.26. The Morgan fingerprint density at radius 3 is 2.58 bits per heavy atom. The molecule has 3 rings (SSSR count). The second-order valence-electron chi connectivity index (χ2n) is 7.23. The van der Waals surface area contributed by atoms with Gasteiger partial charge in [-0.3, -0.25) is 0 Å². The molecule has 2 nitrogen and oxygen atoms in total. The molecule has 1 aliphatic heterocycles. The maximum atomic E-state index is 6.14. The van der Waals surface area contributed by atoms with Crippen molar-refractivity contribution in [3.8, 4) is 0 Å². The molecule has 0 spiro atoms. The molecule has 1 aliphatic carbocycles. The maximum Gasteiger partial charge on any atom is 0.0787 e. The highest BCUT2D eigenvalue weighted by Gasteiger charge is 2.45. The van der Waals surface area contributed by atoms with Crippen molar-refractivity contribution in [1.82, 2.24) is 5.32 Å². The van der Waals surface area contributed by atoms with Crippen LogP contribution in [0, 0.1) is 0 Å². The summed E-state index contributed by atoms with van der Waals surface area (Å²) in [6.45, 7) is 9.86. The highest BCUT2D eigenvalue weighted by Crippen LogP contribution is 2.39. The van der Waals surface area contributed by atoms with Crippen LogP contribution >= 0.6 is 0 Å². The Kier molecular flexibility index (Phi) is 2.99. The Bertz CT molecular complexity index is 478. The molecule has 1 heterocycles.